The zero-order valence-electron chi connectivity index (χ0n) is 14.2. The monoisotopic (exact) mass is 351 g/mol. The number of tetrazole rings is 1. The number of aromatic nitrogens is 4. The normalized spacial score (nSPS) is 12.2. The Hall–Kier alpha value is -3.42. The molecule has 26 heavy (non-hydrogen) atoms. The number of amides is 1. The molecule has 0 bridgehead atoms. The summed E-state index contributed by atoms with van der Waals surface area (Å²) in [5.74, 6) is 1.71. The van der Waals surface area contributed by atoms with Crippen molar-refractivity contribution in [1.82, 2.24) is 25.5 Å². The summed E-state index contributed by atoms with van der Waals surface area (Å²) >= 11 is 0. The van der Waals surface area contributed by atoms with E-state index in [1.807, 2.05) is 49.4 Å². The number of ether oxygens (including phenoxy) is 2. The largest absolute Gasteiger partial charge is 0.454 e. The fraction of sp³-hybridized carbons (Fsp3) is 0.222. The first-order chi connectivity index (χ1) is 12.7. The van der Waals surface area contributed by atoms with Crippen LogP contribution in [-0.2, 0) is 17.9 Å². The number of nitrogens with zero attached hydrogens (tertiary/aromatic N) is 4. The van der Waals surface area contributed by atoms with Crippen molar-refractivity contribution in [3.05, 3.63) is 53.6 Å². The Morgan fingerprint density at radius 1 is 1.15 bits per heavy atom. The van der Waals surface area contributed by atoms with Crippen LogP contribution in [0.2, 0.25) is 0 Å². The van der Waals surface area contributed by atoms with E-state index in [0.717, 1.165) is 22.4 Å². The highest BCUT2D eigenvalue weighted by Gasteiger charge is 2.14. The molecule has 0 atom stereocenters. The van der Waals surface area contributed by atoms with Crippen LogP contribution in [0.5, 0.6) is 11.5 Å². The highest BCUT2D eigenvalue weighted by atomic mass is 16.7. The summed E-state index contributed by atoms with van der Waals surface area (Å²) in [5, 5.41) is 15.0. The Bertz CT molecular complexity index is 936. The maximum absolute atomic E-state index is 12.1. The molecule has 0 fully saturated rings. The molecule has 4 rings (SSSR count). The lowest BCUT2D eigenvalue weighted by Crippen LogP contribution is -2.28. The summed E-state index contributed by atoms with van der Waals surface area (Å²) in [4.78, 5) is 13.4. The third kappa shape index (κ3) is 3.49. The van der Waals surface area contributed by atoms with Crippen LogP contribution in [-0.4, -0.2) is 32.9 Å². The van der Waals surface area contributed by atoms with Crippen molar-refractivity contribution in [1.29, 1.82) is 0 Å². The third-order valence-electron chi connectivity index (χ3n) is 3.97. The van der Waals surface area contributed by atoms with Gasteiger partial charge in [-0.1, -0.05) is 35.9 Å². The highest BCUT2D eigenvalue weighted by Crippen LogP contribution is 2.32. The molecule has 1 aliphatic rings. The van der Waals surface area contributed by atoms with E-state index < -0.39 is 0 Å². The summed E-state index contributed by atoms with van der Waals surface area (Å²) in [7, 11) is 0. The van der Waals surface area contributed by atoms with Crippen LogP contribution in [0.1, 0.15) is 11.1 Å². The zero-order valence-corrected chi connectivity index (χ0v) is 14.2. The van der Waals surface area contributed by atoms with Gasteiger partial charge in [-0.3, -0.25) is 4.79 Å². The Morgan fingerprint density at radius 3 is 2.81 bits per heavy atom. The lowest BCUT2D eigenvalue weighted by molar-refractivity contribution is -0.122. The lowest BCUT2D eigenvalue weighted by atomic mass is 10.1. The Morgan fingerprint density at radius 2 is 1.96 bits per heavy atom. The van der Waals surface area contributed by atoms with Gasteiger partial charge in [0.15, 0.2) is 11.5 Å². The van der Waals surface area contributed by atoms with Crippen molar-refractivity contribution in [2.24, 2.45) is 0 Å². The molecule has 1 N–H and O–H groups in total. The van der Waals surface area contributed by atoms with E-state index in [4.69, 9.17) is 9.47 Å². The van der Waals surface area contributed by atoms with Crippen LogP contribution in [0, 0.1) is 6.92 Å². The molecule has 132 valence electrons. The highest BCUT2D eigenvalue weighted by molar-refractivity contribution is 5.75. The zero-order chi connectivity index (χ0) is 17.9. The molecule has 0 radical (unpaired) electrons. The van der Waals surface area contributed by atoms with Gasteiger partial charge in [-0.25, -0.2) is 0 Å². The van der Waals surface area contributed by atoms with Crippen LogP contribution in [0.3, 0.4) is 0 Å². The first kappa shape index (κ1) is 16.1. The van der Waals surface area contributed by atoms with Crippen LogP contribution in [0.25, 0.3) is 11.4 Å². The molecule has 1 aromatic heterocycles. The van der Waals surface area contributed by atoms with E-state index >= 15 is 0 Å². The number of hydrogen-bond acceptors (Lipinski definition) is 6. The molecule has 2 heterocycles. The van der Waals surface area contributed by atoms with Crippen molar-refractivity contribution in [3.63, 3.8) is 0 Å². The molecule has 1 aliphatic heterocycles. The number of benzene rings is 2. The first-order valence-corrected chi connectivity index (χ1v) is 8.17. The fourth-order valence-electron chi connectivity index (χ4n) is 2.56. The van der Waals surface area contributed by atoms with E-state index in [2.05, 4.69) is 20.7 Å². The minimum atomic E-state index is -0.199. The van der Waals surface area contributed by atoms with E-state index in [1.54, 1.807) is 0 Å². The maximum atomic E-state index is 12.1. The minimum Gasteiger partial charge on any atom is -0.454 e. The van der Waals surface area contributed by atoms with E-state index in [0.29, 0.717) is 18.1 Å². The minimum absolute atomic E-state index is 0.00339. The van der Waals surface area contributed by atoms with Crippen molar-refractivity contribution >= 4 is 5.91 Å². The first-order valence-electron chi connectivity index (χ1n) is 8.17. The molecular weight excluding hydrogens is 334 g/mol. The summed E-state index contributed by atoms with van der Waals surface area (Å²) in [6, 6.07) is 13.4. The number of fused-ring (bicyclic) bond motifs is 1. The fourth-order valence-corrected chi connectivity index (χ4v) is 2.56. The second kappa shape index (κ2) is 6.83. The molecule has 0 saturated carbocycles. The number of hydrogen-bond donors (Lipinski definition) is 1. The predicted octanol–water partition coefficient (Wildman–Crippen LogP) is 1.69. The number of aryl methyl sites for hydroxylation is 1. The smallest absolute Gasteiger partial charge is 0.243 e. The molecule has 2 aromatic carbocycles. The average Bonchev–Trinajstić information content (AvgIpc) is 3.29. The molecular formula is C18H17N5O3. The molecule has 0 saturated heterocycles. The SMILES string of the molecule is Cc1ccc(-c2nnn(CC(=O)NCc3ccc4c(c3)OCO4)n2)cc1. The van der Waals surface area contributed by atoms with E-state index in [-0.39, 0.29) is 19.2 Å². The van der Waals surface area contributed by atoms with E-state index in [1.165, 1.54) is 4.80 Å². The molecule has 1 amide bonds. The second-order valence-electron chi connectivity index (χ2n) is 5.97. The lowest BCUT2D eigenvalue weighted by Gasteiger charge is -2.05. The van der Waals surface area contributed by atoms with Gasteiger partial charge in [0.1, 0.15) is 6.54 Å². The predicted molar refractivity (Wildman–Crippen MR) is 92.4 cm³/mol. The second-order valence-corrected chi connectivity index (χ2v) is 5.97. The standard InChI is InChI=1S/C18H17N5O3/c1-12-2-5-14(6-3-12)18-20-22-23(21-18)10-17(24)19-9-13-4-7-15-16(8-13)26-11-25-15/h2-8H,9-11H2,1H3,(H,19,24). The summed E-state index contributed by atoms with van der Waals surface area (Å²) < 4.78 is 10.6. The van der Waals surface area contributed by atoms with E-state index in [9.17, 15) is 4.79 Å². The Labute approximate surface area is 149 Å². The quantitative estimate of drug-likeness (QED) is 0.752. The van der Waals surface area contributed by atoms with Crippen LogP contribution >= 0.6 is 0 Å². The van der Waals surface area contributed by atoms with Gasteiger partial charge >= 0.3 is 0 Å². The van der Waals surface area contributed by atoms with Gasteiger partial charge in [0.2, 0.25) is 18.5 Å². The van der Waals surface area contributed by atoms with Gasteiger partial charge in [-0.05, 0) is 29.8 Å². The summed E-state index contributed by atoms with van der Waals surface area (Å²) in [6.07, 6.45) is 0. The number of rotatable bonds is 5. The number of carbonyl (C=O) groups excluding carboxylic acids is 1. The van der Waals surface area contributed by atoms with Crippen LogP contribution in [0.15, 0.2) is 42.5 Å². The summed E-state index contributed by atoms with van der Waals surface area (Å²) in [5.41, 5.74) is 2.95. The van der Waals surface area contributed by atoms with Gasteiger partial charge < -0.3 is 14.8 Å². The average molecular weight is 351 g/mol. The van der Waals surface area contributed by atoms with Crippen LogP contribution in [0.4, 0.5) is 0 Å². The van der Waals surface area contributed by atoms with Crippen molar-refractivity contribution in [2.45, 2.75) is 20.0 Å². The molecule has 0 aliphatic carbocycles. The van der Waals surface area contributed by atoms with Gasteiger partial charge in [0, 0.05) is 12.1 Å². The van der Waals surface area contributed by atoms with Gasteiger partial charge in [0.05, 0.1) is 0 Å². The van der Waals surface area contributed by atoms with Crippen molar-refractivity contribution in [3.8, 4) is 22.9 Å². The summed E-state index contributed by atoms with van der Waals surface area (Å²) in [6.45, 7) is 2.63. The van der Waals surface area contributed by atoms with Crippen molar-refractivity contribution in [2.75, 3.05) is 6.79 Å². The van der Waals surface area contributed by atoms with Crippen LogP contribution < -0.4 is 14.8 Å². The third-order valence-corrected chi connectivity index (χ3v) is 3.97. The van der Waals surface area contributed by atoms with Gasteiger partial charge in [0.25, 0.3) is 0 Å². The number of nitrogens with one attached hydrogen (secondary N) is 1. The molecule has 3 aromatic rings. The Balaban J connectivity index is 1.34. The Kier molecular flexibility index (Phi) is 4.22. The molecule has 0 unspecified atom stereocenters. The van der Waals surface area contributed by atoms with Gasteiger partial charge in [-0.15, -0.1) is 10.2 Å². The number of carbonyl (C=O) groups is 1. The molecule has 0 spiro atoms. The van der Waals surface area contributed by atoms with Crippen molar-refractivity contribution < 1.29 is 14.3 Å². The topological polar surface area (TPSA) is 91.2 Å². The molecule has 8 heteroatoms. The van der Waals surface area contributed by atoms with Gasteiger partial charge in [-0.2, -0.15) is 4.80 Å². The molecule has 8 nitrogen and oxygen atoms in total. The maximum Gasteiger partial charge on any atom is 0.243 e.